The van der Waals surface area contributed by atoms with Crippen molar-refractivity contribution in [1.29, 1.82) is 0 Å². The lowest BCUT2D eigenvalue weighted by Gasteiger charge is -2.16. The molecule has 162 valence electrons. The molecule has 0 bridgehead atoms. The maximum Gasteiger partial charge on any atom is 0.265 e. The average Bonchev–Trinajstić information content (AvgIpc) is 2.72. The Morgan fingerprint density at radius 3 is 2.23 bits per heavy atom. The van der Waals surface area contributed by atoms with E-state index in [4.69, 9.17) is 16.3 Å². The third-order valence-electron chi connectivity index (χ3n) is 4.62. The first-order valence-electron chi connectivity index (χ1n) is 9.58. The van der Waals surface area contributed by atoms with Gasteiger partial charge in [0.25, 0.3) is 15.9 Å². The van der Waals surface area contributed by atoms with Crippen LogP contribution in [0.3, 0.4) is 0 Å². The Balaban J connectivity index is 1.65. The summed E-state index contributed by atoms with van der Waals surface area (Å²) in [7, 11) is -3.80. The molecule has 0 heterocycles. The van der Waals surface area contributed by atoms with Crippen molar-refractivity contribution in [2.24, 2.45) is 0 Å². The predicted octanol–water partition coefficient (Wildman–Crippen LogP) is 5.16. The van der Waals surface area contributed by atoms with Gasteiger partial charge in [0.2, 0.25) is 0 Å². The van der Waals surface area contributed by atoms with Crippen LogP contribution in [0.1, 0.15) is 18.1 Å². The number of aryl methyl sites for hydroxylation is 2. The minimum absolute atomic E-state index is 0.0615. The average molecular weight is 459 g/mol. The van der Waals surface area contributed by atoms with Crippen molar-refractivity contribution in [2.45, 2.75) is 31.8 Å². The van der Waals surface area contributed by atoms with Gasteiger partial charge in [0.1, 0.15) is 5.75 Å². The molecule has 3 aromatic rings. The lowest BCUT2D eigenvalue weighted by molar-refractivity contribution is -0.122. The number of ether oxygens (including phenoxy) is 1. The fraction of sp³-hybridized carbons (Fsp3) is 0.174. The Morgan fingerprint density at radius 1 is 0.935 bits per heavy atom. The highest BCUT2D eigenvalue weighted by molar-refractivity contribution is 7.92. The van der Waals surface area contributed by atoms with Gasteiger partial charge < -0.3 is 10.1 Å². The van der Waals surface area contributed by atoms with E-state index in [0.717, 1.165) is 11.1 Å². The third-order valence-corrected chi connectivity index (χ3v) is 6.43. The van der Waals surface area contributed by atoms with Crippen molar-refractivity contribution in [2.75, 3.05) is 10.0 Å². The summed E-state index contributed by atoms with van der Waals surface area (Å²) in [6.07, 6.45) is -0.725. The lowest BCUT2D eigenvalue weighted by atomic mass is 10.2. The van der Waals surface area contributed by atoms with Gasteiger partial charge in [-0.1, -0.05) is 35.9 Å². The molecule has 0 aliphatic carbocycles. The summed E-state index contributed by atoms with van der Waals surface area (Å²) < 4.78 is 33.4. The number of sulfonamides is 1. The monoisotopic (exact) mass is 458 g/mol. The van der Waals surface area contributed by atoms with E-state index >= 15 is 0 Å². The van der Waals surface area contributed by atoms with Gasteiger partial charge in [-0.3, -0.25) is 9.52 Å². The summed E-state index contributed by atoms with van der Waals surface area (Å²) in [6.45, 7) is 5.38. The number of para-hydroxylation sites is 1. The number of hydrogen-bond donors (Lipinski definition) is 2. The Hall–Kier alpha value is -3.03. The predicted molar refractivity (Wildman–Crippen MR) is 123 cm³/mol. The Bertz CT molecular complexity index is 1190. The number of nitrogens with one attached hydrogen (secondary N) is 2. The van der Waals surface area contributed by atoms with Crippen molar-refractivity contribution in [3.63, 3.8) is 0 Å². The van der Waals surface area contributed by atoms with Crippen LogP contribution in [0.15, 0.2) is 71.6 Å². The summed E-state index contributed by atoms with van der Waals surface area (Å²) >= 11 is 6.06. The van der Waals surface area contributed by atoms with Crippen LogP contribution < -0.4 is 14.8 Å². The Kier molecular flexibility index (Phi) is 6.87. The standard InChI is InChI=1S/C23H23ClN2O4S/c1-15-8-9-19(14-21(15)24)26-31(28,29)20-12-10-18(11-13-20)25-23(27)17(3)30-22-7-5-4-6-16(22)2/h4-14,17,26H,1-3H3,(H,25,27)/t17-/m1/s1. The van der Waals surface area contributed by atoms with Gasteiger partial charge in [-0.2, -0.15) is 0 Å². The first-order valence-corrected chi connectivity index (χ1v) is 11.4. The molecule has 0 unspecified atom stereocenters. The summed E-state index contributed by atoms with van der Waals surface area (Å²) in [5.74, 6) is 0.292. The van der Waals surface area contributed by atoms with Gasteiger partial charge in [-0.25, -0.2) is 8.42 Å². The Labute approximate surface area is 187 Å². The van der Waals surface area contributed by atoms with Crippen LogP contribution in [0.5, 0.6) is 5.75 Å². The first-order chi connectivity index (χ1) is 14.7. The molecule has 8 heteroatoms. The van der Waals surface area contributed by atoms with E-state index in [1.54, 1.807) is 31.2 Å². The number of halogens is 1. The van der Waals surface area contributed by atoms with Crippen LogP contribution in [0.4, 0.5) is 11.4 Å². The highest BCUT2D eigenvalue weighted by Crippen LogP contribution is 2.23. The zero-order chi connectivity index (χ0) is 22.6. The smallest absolute Gasteiger partial charge is 0.265 e. The molecule has 2 N–H and O–H groups in total. The largest absolute Gasteiger partial charge is 0.481 e. The molecule has 0 saturated carbocycles. The molecule has 1 atom stereocenters. The second kappa shape index (κ2) is 9.41. The minimum Gasteiger partial charge on any atom is -0.481 e. The second-order valence-corrected chi connectivity index (χ2v) is 9.20. The number of rotatable bonds is 7. The number of amides is 1. The molecule has 0 aliphatic rings. The summed E-state index contributed by atoms with van der Waals surface area (Å²) in [4.78, 5) is 12.5. The highest BCUT2D eigenvalue weighted by Gasteiger charge is 2.18. The lowest BCUT2D eigenvalue weighted by Crippen LogP contribution is -2.30. The number of anilines is 2. The zero-order valence-electron chi connectivity index (χ0n) is 17.3. The van der Waals surface area contributed by atoms with E-state index in [2.05, 4.69) is 10.0 Å². The molecular formula is C23H23ClN2O4S. The fourth-order valence-corrected chi connectivity index (χ4v) is 3.99. The topological polar surface area (TPSA) is 84.5 Å². The maximum absolute atomic E-state index is 12.6. The molecule has 0 aromatic heterocycles. The van der Waals surface area contributed by atoms with Crippen molar-refractivity contribution in [3.05, 3.63) is 82.9 Å². The van der Waals surface area contributed by atoms with Gasteiger partial charge in [-0.15, -0.1) is 0 Å². The van der Waals surface area contributed by atoms with Gasteiger partial charge in [0, 0.05) is 10.7 Å². The van der Waals surface area contributed by atoms with Crippen LogP contribution in [-0.2, 0) is 14.8 Å². The zero-order valence-corrected chi connectivity index (χ0v) is 18.9. The van der Waals surface area contributed by atoms with Crippen LogP contribution in [0, 0.1) is 13.8 Å². The van der Waals surface area contributed by atoms with E-state index in [9.17, 15) is 13.2 Å². The van der Waals surface area contributed by atoms with E-state index in [1.807, 2.05) is 32.0 Å². The first kappa shape index (κ1) is 22.7. The van der Waals surface area contributed by atoms with E-state index < -0.39 is 16.1 Å². The van der Waals surface area contributed by atoms with E-state index in [1.165, 1.54) is 24.3 Å². The number of carbonyl (C=O) groups excluding carboxylic acids is 1. The van der Waals surface area contributed by atoms with Crippen LogP contribution >= 0.6 is 11.6 Å². The summed E-state index contributed by atoms with van der Waals surface area (Å²) in [6, 6.07) is 18.2. The quantitative estimate of drug-likeness (QED) is 0.512. The molecule has 0 spiro atoms. The highest BCUT2D eigenvalue weighted by atomic mass is 35.5. The molecule has 3 rings (SSSR count). The fourth-order valence-electron chi connectivity index (χ4n) is 2.76. The molecule has 0 radical (unpaired) electrons. The molecule has 0 fully saturated rings. The number of hydrogen-bond acceptors (Lipinski definition) is 4. The van der Waals surface area contributed by atoms with Gasteiger partial charge in [0.15, 0.2) is 6.10 Å². The summed E-state index contributed by atoms with van der Waals surface area (Å²) in [5, 5.41) is 3.20. The minimum atomic E-state index is -3.80. The van der Waals surface area contributed by atoms with Crippen molar-refractivity contribution in [1.82, 2.24) is 0 Å². The SMILES string of the molecule is Cc1ccc(NS(=O)(=O)c2ccc(NC(=O)[C@@H](C)Oc3ccccc3C)cc2)cc1Cl. The van der Waals surface area contributed by atoms with Crippen molar-refractivity contribution < 1.29 is 17.9 Å². The molecule has 0 saturated heterocycles. The molecule has 6 nitrogen and oxygen atoms in total. The molecule has 0 aliphatic heterocycles. The number of benzene rings is 3. The van der Waals surface area contributed by atoms with Gasteiger partial charge in [0.05, 0.1) is 10.6 Å². The van der Waals surface area contributed by atoms with Crippen molar-refractivity contribution >= 4 is 38.9 Å². The molecule has 31 heavy (non-hydrogen) atoms. The molecular weight excluding hydrogens is 436 g/mol. The van der Waals surface area contributed by atoms with Gasteiger partial charge in [-0.05, 0) is 74.4 Å². The van der Waals surface area contributed by atoms with E-state index in [-0.39, 0.29) is 10.8 Å². The maximum atomic E-state index is 12.6. The van der Waals surface area contributed by atoms with Gasteiger partial charge >= 0.3 is 0 Å². The third kappa shape index (κ3) is 5.77. The van der Waals surface area contributed by atoms with Crippen molar-refractivity contribution in [3.8, 4) is 5.75 Å². The van der Waals surface area contributed by atoms with Crippen LogP contribution in [0.2, 0.25) is 5.02 Å². The Morgan fingerprint density at radius 2 is 1.58 bits per heavy atom. The second-order valence-electron chi connectivity index (χ2n) is 7.11. The number of carbonyl (C=O) groups is 1. The molecule has 3 aromatic carbocycles. The molecule has 1 amide bonds. The van der Waals surface area contributed by atoms with Crippen LogP contribution in [0.25, 0.3) is 0 Å². The normalized spacial score (nSPS) is 12.1. The van der Waals surface area contributed by atoms with E-state index in [0.29, 0.717) is 22.1 Å². The summed E-state index contributed by atoms with van der Waals surface area (Å²) in [5.41, 5.74) is 2.61. The van der Waals surface area contributed by atoms with Crippen LogP contribution in [-0.4, -0.2) is 20.4 Å².